The summed E-state index contributed by atoms with van der Waals surface area (Å²) in [4.78, 5) is 25.1. The third-order valence-corrected chi connectivity index (χ3v) is 5.25. The van der Waals surface area contributed by atoms with Crippen LogP contribution in [-0.4, -0.2) is 18.4 Å². The van der Waals surface area contributed by atoms with Gasteiger partial charge < -0.3 is 16.4 Å². The highest BCUT2D eigenvalue weighted by Gasteiger charge is 2.34. The van der Waals surface area contributed by atoms with Crippen LogP contribution in [0.1, 0.15) is 55.6 Å². The van der Waals surface area contributed by atoms with Gasteiger partial charge in [-0.1, -0.05) is 44.2 Å². The fourth-order valence-electron chi connectivity index (χ4n) is 3.06. The van der Waals surface area contributed by atoms with Crippen molar-refractivity contribution in [1.29, 1.82) is 0 Å². The van der Waals surface area contributed by atoms with Gasteiger partial charge in [0.1, 0.15) is 0 Å². The number of hydrogen-bond acceptors (Lipinski definition) is 3. The molecular weight excluding hydrogens is 338 g/mol. The summed E-state index contributed by atoms with van der Waals surface area (Å²) in [6.45, 7) is 6.23. The van der Waals surface area contributed by atoms with Gasteiger partial charge in [0.05, 0.1) is 11.5 Å². The quantitative estimate of drug-likeness (QED) is 0.662. The SMILES string of the molecule is CCC(CC)(CN)C(=O)NC(C)c1cccc(NC(=O)c2ccccc2)c1. The summed E-state index contributed by atoms with van der Waals surface area (Å²) in [5, 5.41) is 5.97. The summed E-state index contributed by atoms with van der Waals surface area (Å²) in [7, 11) is 0. The Hall–Kier alpha value is -2.66. The molecule has 0 fully saturated rings. The van der Waals surface area contributed by atoms with Crippen LogP contribution in [0.3, 0.4) is 0 Å². The molecule has 0 aliphatic carbocycles. The number of nitrogens with one attached hydrogen (secondary N) is 2. The molecule has 2 aromatic carbocycles. The summed E-state index contributed by atoms with van der Waals surface area (Å²) in [6.07, 6.45) is 1.40. The lowest BCUT2D eigenvalue weighted by atomic mass is 9.81. The standard InChI is InChI=1S/C22H29N3O2/c1-4-22(5-2,15-23)21(27)24-16(3)18-12-9-13-19(14-18)25-20(26)17-10-7-6-8-11-17/h6-14,16H,4-5,15,23H2,1-3H3,(H,24,27)(H,25,26). The summed E-state index contributed by atoms with van der Waals surface area (Å²) in [5.41, 5.74) is 7.55. The van der Waals surface area contributed by atoms with Crippen LogP contribution in [0.4, 0.5) is 5.69 Å². The van der Waals surface area contributed by atoms with Crippen LogP contribution in [-0.2, 0) is 4.79 Å². The Morgan fingerprint density at radius 1 is 1.04 bits per heavy atom. The van der Waals surface area contributed by atoms with Gasteiger partial charge >= 0.3 is 0 Å². The first-order chi connectivity index (χ1) is 13.0. The largest absolute Gasteiger partial charge is 0.349 e. The molecule has 2 amide bonds. The van der Waals surface area contributed by atoms with Crippen LogP contribution < -0.4 is 16.4 Å². The Bertz CT molecular complexity index is 762. The van der Waals surface area contributed by atoms with Gasteiger partial charge in [0.2, 0.25) is 5.91 Å². The van der Waals surface area contributed by atoms with E-state index < -0.39 is 5.41 Å². The number of anilines is 1. The van der Waals surface area contributed by atoms with E-state index in [-0.39, 0.29) is 17.9 Å². The van der Waals surface area contributed by atoms with Gasteiger partial charge in [-0.3, -0.25) is 9.59 Å². The lowest BCUT2D eigenvalue weighted by Gasteiger charge is -2.30. The van der Waals surface area contributed by atoms with Crippen molar-refractivity contribution >= 4 is 17.5 Å². The maximum atomic E-state index is 12.7. The van der Waals surface area contributed by atoms with Crippen LogP contribution in [0.2, 0.25) is 0 Å². The number of carbonyl (C=O) groups excluding carboxylic acids is 2. The second kappa shape index (κ2) is 9.33. The van der Waals surface area contributed by atoms with Gasteiger partial charge in [-0.2, -0.15) is 0 Å². The van der Waals surface area contributed by atoms with Gasteiger partial charge in [-0.05, 0) is 49.6 Å². The molecule has 5 nitrogen and oxygen atoms in total. The molecular formula is C22H29N3O2. The van der Waals surface area contributed by atoms with Gasteiger partial charge in [0.25, 0.3) is 5.91 Å². The average molecular weight is 367 g/mol. The molecule has 0 aliphatic heterocycles. The number of nitrogens with two attached hydrogens (primary N) is 1. The zero-order valence-electron chi connectivity index (χ0n) is 16.3. The Kier molecular flexibility index (Phi) is 7.13. The van der Waals surface area contributed by atoms with E-state index in [1.807, 2.05) is 63.2 Å². The molecule has 4 N–H and O–H groups in total. The Balaban J connectivity index is 2.10. The third kappa shape index (κ3) is 4.95. The van der Waals surface area contributed by atoms with Crippen molar-refractivity contribution < 1.29 is 9.59 Å². The van der Waals surface area contributed by atoms with Crippen molar-refractivity contribution in [3.05, 3.63) is 65.7 Å². The zero-order valence-corrected chi connectivity index (χ0v) is 16.3. The molecule has 0 bridgehead atoms. The molecule has 5 heteroatoms. The van der Waals surface area contributed by atoms with E-state index in [1.165, 1.54) is 0 Å². The Morgan fingerprint density at radius 2 is 1.70 bits per heavy atom. The lowest BCUT2D eigenvalue weighted by Crippen LogP contribution is -2.46. The van der Waals surface area contributed by atoms with Crippen molar-refractivity contribution in [3.8, 4) is 0 Å². The molecule has 1 unspecified atom stereocenters. The highest BCUT2D eigenvalue weighted by Crippen LogP contribution is 2.27. The fourth-order valence-corrected chi connectivity index (χ4v) is 3.06. The minimum atomic E-state index is -0.534. The number of benzene rings is 2. The normalized spacial score (nSPS) is 12.3. The molecule has 0 spiro atoms. The second-order valence-electron chi connectivity index (χ2n) is 6.83. The monoisotopic (exact) mass is 367 g/mol. The van der Waals surface area contributed by atoms with Crippen molar-refractivity contribution in [2.45, 2.75) is 39.7 Å². The molecule has 0 aromatic heterocycles. The summed E-state index contributed by atoms with van der Waals surface area (Å²) in [5.74, 6) is -0.190. The Labute approximate surface area is 161 Å². The van der Waals surface area contributed by atoms with Crippen molar-refractivity contribution in [3.63, 3.8) is 0 Å². The van der Waals surface area contributed by atoms with Crippen molar-refractivity contribution in [2.75, 3.05) is 11.9 Å². The minimum Gasteiger partial charge on any atom is -0.349 e. The third-order valence-electron chi connectivity index (χ3n) is 5.25. The molecule has 1 atom stereocenters. The van der Waals surface area contributed by atoms with E-state index in [9.17, 15) is 9.59 Å². The minimum absolute atomic E-state index is 0.0266. The molecule has 0 radical (unpaired) electrons. The molecule has 0 aliphatic rings. The molecule has 27 heavy (non-hydrogen) atoms. The maximum absolute atomic E-state index is 12.7. The highest BCUT2D eigenvalue weighted by molar-refractivity contribution is 6.04. The molecule has 2 aromatic rings. The van der Waals surface area contributed by atoms with Crippen LogP contribution >= 0.6 is 0 Å². The van der Waals surface area contributed by atoms with E-state index in [0.29, 0.717) is 30.6 Å². The van der Waals surface area contributed by atoms with Crippen molar-refractivity contribution in [1.82, 2.24) is 5.32 Å². The molecule has 144 valence electrons. The second-order valence-corrected chi connectivity index (χ2v) is 6.83. The summed E-state index contributed by atoms with van der Waals surface area (Å²) < 4.78 is 0. The fraction of sp³-hybridized carbons (Fsp3) is 0.364. The van der Waals surface area contributed by atoms with Crippen molar-refractivity contribution in [2.24, 2.45) is 11.1 Å². The Morgan fingerprint density at radius 3 is 2.30 bits per heavy atom. The van der Waals surface area contributed by atoms with Gasteiger partial charge in [-0.25, -0.2) is 0 Å². The van der Waals surface area contributed by atoms with E-state index in [0.717, 1.165) is 5.56 Å². The molecule has 0 heterocycles. The maximum Gasteiger partial charge on any atom is 0.255 e. The van der Waals surface area contributed by atoms with Gasteiger partial charge in [0, 0.05) is 17.8 Å². The predicted octanol–water partition coefficient (Wildman–Crippen LogP) is 3.88. The zero-order chi connectivity index (χ0) is 19.9. The topological polar surface area (TPSA) is 84.2 Å². The average Bonchev–Trinajstić information content (AvgIpc) is 2.70. The molecule has 2 rings (SSSR count). The van der Waals surface area contributed by atoms with Crippen LogP contribution in [0.25, 0.3) is 0 Å². The van der Waals surface area contributed by atoms with Gasteiger partial charge in [-0.15, -0.1) is 0 Å². The first kappa shape index (κ1) is 20.6. The van der Waals surface area contributed by atoms with E-state index in [4.69, 9.17) is 5.73 Å². The van der Waals surface area contributed by atoms with E-state index >= 15 is 0 Å². The van der Waals surface area contributed by atoms with E-state index in [1.54, 1.807) is 12.1 Å². The summed E-state index contributed by atoms with van der Waals surface area (Å²) >= 11 is 0. The molecule has 0 saturated heterocycles. The van der Waals surface area contributed by atoms with E-state index in [2.05, 4.69) is 10.6 Å². The molecule has 0 saturated carbocycles. The smallest absolute Gasteiger partial charge is 0.255 e. The number of rotatable bonds is 8. The number of amides is 2. The van der Waals surface area contributed by atoms with Gasteiger partial charge in [0.15, 0.2) is 0 Å². The first-order valence-electron chi connectivity index (χ1n) is 9.43. The number of hydrogen-bond donors (Lipinski definition) is 3. The van der Waals surface area contributed by atoms with Crippen LogP contribution in [0.5, 0.6) is 0 Å². The lowest BCUT2D eigenvalue weighted by molar-refractivity contribution is -0.131. The van der Waals surface area contributed by atoms with Crippen LogP contribution in [0.15, 0.2) is 54.6 Å². The van der Waals surface area contributed by atoms with Crippen LogP contribution in [0, 0.1) is 5.41 Å². The number of carbonyl (C=O) groups is 2. The summed E-state index contributed by atoms with van der Waals surface area (Å²) in [6, 6.07) is 16.4. The highest BCUT2D eigenvalue weighted by atomic mass is 16.2. The first-order valence-corrected chi connectivity index (χ1v) is 9.43. The predicted molar refractivity (Wildman–Crippen MR) is 109 cm³/mol.